The van der Waals surface area contributed by atoms with Gasteiger partial charge in [0.05, 0.1) is 0 Å². The highest BCUT2D eigenvalue weighted by Crippen LogP contribution is 2.32. The Kier molecular flexibility index (Phi) is 11.7. The van der Waals surface area contributed by atoms with Gasteiger partial charge in [0, 0.05) is 24.7 Å². The molecular formula is C28H40N2O2. The highest BCUT2D eigenvalue weighted by molar-refractivity contribution is 6.07. The van der Waals surface area contributed by atoms with Gasteiger partial charge in [-0.05, 0) is 69.7 Å². The van der Waals surface area contributed by atoms with Crippen molar-refractivity contribution in [3.63, 3.8) is 0 Å². The van der Waals surface area contributed by atoms with E-state index in [0.717, 1.165) is 19.5 Å². The number of hydrogen-bond acceptors (Lipinski definition) is 3. The van der Waals surface area contributed by atoms with E-state index in [1.165, 1.54) is 56.2 Å². The zero-order valence-corrected chi connectivity index (χ0v) is 19.9. The van der Waals surface area contributed by atoms with E-state index in [2.05, 4.69) is 36.0 Å². The van der Waals surface area contributed by atoms with Gasteiger partial charge >= 0.3 is 0 Å². The number of amides is 1. The fraction of sp³-hybridized carbons (Fsp3) is 0.500. The second kappa shape index (κ2) is 14.6. The first-order valence-corrected chi connectivity index (χ1v) is 12.1. The van der Waals surface area contributed by atoms with Crippen molar-refractivity contribution in [3.05, 3.63) is 72.4 Å². The molecule has 0 spiro atoms. The summed E-state index contributed by atoms with van der Waals surface area (Å²) in [7, 11) is 2.12. The summed E-state index contributed by atoms with van der Waals surface area (Å²) in [4.78, 5) is 26.6. The van der Waals surface area contributed by atoms with Gasteiger partial charge in [0.2, 0.25) is 5.91 Å². The molecule has 1 amide bonds. The van der Waals surface area contributed by atoms with Gasteiger partial charge in [0.25, 0.3) is 0 Å². The summed E-state index contributed by atoms with van der Waals surface area (Å²) in [6.45, 7) is 8.26. The molecule has 1 unspecified atom stereocenters. The lowest BCUT2D eigenvalue weighted by atomic mass is 9.84. The fourth-order valence-electron chi connectivity index (χ4n) is 4.48. The van der Waals surface area contributed by atoms with Crippen LogP contribution in [0.2, 0.25) is 0 Å². The minimum Gasteiger partial charge on any atom is -0.352 e. The van der Waals surface area contributed by atoms with Crippen molar-refractivity contribution in [2.45, 2.75) is 57.8 Å². The quantitative estimate of drug-likeness (QED) is 0.340. The Morgan fingerprint density at radius 2 is 1.78 bits per heavy atom. The van der Waals surface area contributed by atoms with E-state index in [-0.39, 0.29) is 11.7 Å². The van der Waals surface area contributed by atoms with Crippen molar-refractivity contribution < 1.29 is 9.59 Å². The number of allylic oxidation sites excluding steroid dienone is 4. The van der Waals surface area contributed by atoms with Crippen LogP contribution in [-0.4, -0.2) is 43.3 Å². The lowest BCUT2D eigenvalue weighted by Gasteiger charge is -2.29. The second-order valence-electron chi connectivity index (χ2n) is 8.93. The molecule has 3 rings (SSSR count). The average molecular weight is 437 g/mol. The van der Waals surface area contributed by atoms with E-state index >= 15 is 0 Å². The summed E-state index contributed by atoms with van der Waals surface area (Å²) in [5.41, 5.74) is 1.98. The molecule has 0 radical (unpaired) electrons. The highest BCUT2D eigenvalue weighted by atomic mass is 16.1. The molecular weight excluding hydrogens is 396 g/mol. The van der Waals surface area contributed by atoms with Crippen LogP contribution in [0.5, 0.6) is 0 Å². The third-order valence-electron chi connectivity index (χ3n) is 6.27. The summed E-state index contributed by atoms with van der Waals surface area (Å²) < 4.78 is 0. The zero-order valence-electron chi connectivity index (χ0n) is 19.9. The van der Waals surface area contributed by atoms with Crippen LogP contribution >= 0.6 is 0 Å². The van der Waals surface area contributed by atoms with Gasteiger partial charge in [-0.25, -0.2) is 0 Å². The van der Waals surface area contributed by atoms with Crippen LogP contribution in [0.25, 0.3) is 0 Å². The molecule has 4 nitrogen and oxygen atoms in total. The molecule has 1 heterocycles. The average Bonchev–Trinajstić information content (AvgIpc) is 2.83. The molecule has 1 aromatic carbocycles. The Bertz CT molecular complexity index is 773. The van der Waals surface area contributed by atoms with Crippen LogP contribution < -0.4 is 5.32 Å². The Morgan fingerprint density at radius 3 is 2.38 bits per heavy atom. The van der Waals surface area contributed by atoms with E-state index in [4.69, 9.17) is 0 Å². The van der Waals surface area contributed by atoms with Gasteiger partial charge in [-0.3, -0.25) is 9.59 Å². The number of rotatable bonds is 7. The number of nitrogens with one attached hydrogen (secondary N) is 1. The van der Waals surface area contributed by atoms with E-state index in [1.54, 1.807) is 6.08 Å². The maximum atomic E-state index is 12.3. The van der Waals surface area contributed by atoms with Crippen LogP contribution in [0.15, 0.2) is 61.2 Å². The molecule has 1 saturated heterocycles. The van der Waals surface area contributed by atoms with Gasteiger partial charge in [-0.2, -0.15) is 0 Å². The number of ketones is 1. The molecule has 1 aromatic rings. The predicted octanol–water partition coefficient (Wildman–Crippen LogP) is 5.68. The van der Waals surface area contributed by atoms with Crippen molar-refractivity contribution in [3.8, 4) is 0 Å². The Morgan fingerprint density at radius 1 is 1.06 bits per heavy atom. The summed E-state index contributed by atoms with van der Waals surface area (Å²) in [5.74, 6) is 0.848. The van der Waals surface area contributed by atoms with Crippen molar-refractivity contribution >= 4 is 11.7 Å². The van der Waals surface area contributed by atoms with Crippen molar-refractivity contribution in [2.75, 3.05) is 26.7 Å². The smallest absolute Gasteiger partial charge is 0.244 e. The lowest BCUT2D eigenvalue weighted by molar-refractivity contribution is -0.116. The number of nitrogens with zero attached hydrogens (tertiary/aromatic N) is 1. The molecule has 2 aliphatic rings. The van der Waals surface area contributed by atoms with Crippen molar-refractivity contribution in [1.82, 2.24) is 10.2 Å². The number of benzene rings is 1. The van der Waals surface area contributed by atoms with Crippen LogP contribution in [0.1, 0.15) is 73.7 Å². The van der Waals surface area contributed by atoms with E-state index in [0.29, 0.717) is 23.9 Å². The molecule has 1 aliphatic carbocycles. The molecule has 1 N–H and O–H groups in total. The number of hydrogen-bond donors (Lipinski definition) is 1. The summed E-state index contributed by atoms with van der Waals surface area (Å²) in [5, 5.41) is 2.93. The molecule has 1 aliphatic heterocycles. The Hall–Kier alpha value is -2.46. The lowest BCUT2D eigenvalue weighted by Crippen LogP contribution is -2.38. The van der Waals surface area contributed by atoms with E-state index < -0.39 is 0 Å². The first-order chi connectivity index (χ1) is 15.5. The molecule has 174 valence electrons. The minimum absolute atomic E-state index is 0.113. The van der Waals surface area contributed by atoms with Crippen LogP contribution in [0.3, 0.4) is 0 Å². The number of likely N-dealkylation sites (tertiary alicyclic amines) is 1. The minimum atomic E-state index is -0.185. The predicted molar refractivity (Wildman–Crippen MR) is 134 cm³/mol. The van der Waals surface area contributed by atoms with E-state index in [1.807, 2.05) is 31.2 Å². The molecule has 32 heavy (non-hydrogen) atoms. The first-order valence-electron chi connectivity index (χ1n) is 12.1. The van der Waals surface area contributed by atoms with Crippen LogP contribution in [0.4, 0.5) is 0 Å². The van der Waals surface area contributed by atoms with Gasteiger partial charge in [0.1, 0.15) is 0 Å². The number of carbonyl (C=O) groups excluding carboxylic acids is 2. The normalized spacial score (nSPS) is 20.0. The van der Waals surface area contributed by atoms with Gasteiger partial charge in [-0.1, -0.05) is 68.3 Å². The molecule has 0 aromatic heterocycles. The topological polar surface area (TPSA) is 49.4 Å². The maximum Gasteiger partial charge on any atom is 0.244 e. The highest BCUT2D eigenvalue weighted by Gasteiger charge is 2.17. The summed E-state index contributed by atoms with van der Waals surface area (Å²) in [6, 6.07) is 7.95. The molecule has 1 atom stereocenters. The standard InChI is InChI=1S/C23H32N2O2.C5H8/c1-25-15-5-6-18(17-25)16-24-23(27)14-13-22(26)21-11-9-20(10-12-21)19-7-3-2-4-8-19;1-3-5-4-2/h9-14,18-19H,2-8,15-17H2,1H3,(H,24,27);3-5H,1H2,2H3/b14-13+;5-4-. The van der Waals surface area contributed by atoms with Crippen LogP contribution in [-0.2, 0) is 4.79 Å². The monoisotopic (exact) mass is 436 g/mol. The number of piperidine rings is 1. The molecule has 1 saturated carbocycles. The molecule has 2 fully saturated rings. The zero-order chi connectivity index (χ0) is 23.2. The fourth-order valence-corrected chi connectivity index (χ4v) is 4.48. The summed E-state index contributed by atoms with van der Waals surface area (Å²) in [6.07, 6.45) is 17.1. The third-order valence-corrected chi connectivity index (χ3v) is 6.27. The van der Waals surface area contributed by atoms with Crippen LogP contribution in [0, 0.1) is 5.92 Å². The summed E-state index contributed by atoms with van der Waals surface area (Å²) >= 11 is 0. The van der Waals surface area contributed by atoms with Crippen molar-refractivity contribution in [2.24, 2.45) is 5.92 Å². The number of carbonyl (C=O) groups is 2. The first kappa shape index (κ1) is 25.8. The van der Waals surface area contributed by atoms with Gasteiger partial charge in [0.15, 0.2) is 5.78 Å². The maximum absolute atomic E-state index is 12.3. The SMILES string of the molecule is C=C/C=C\C.CN1CCCC(CNC(=O)/C=C/C(=O)c2ccc(C3CCCCC3)cc2)C1. The third kappa shape index (κ3) is 9.35. The Balaban J connectivity index is 0.000000654. The largest absolute Gasteiger partial charge is 0.352 e. The second-order valence-corrected chi connectivity index (χ2v) is 8.93. The van der Waals surface area contributed by atoms with E-state index in [9.17, 15) is 9.59 Å². The Labute approximate surface area is 194 Å². The molecule has 4 heteroatoms. The van der Waals surface area contributed by atoms with Gasteiger partial charge < -0.3 is 10.2 Å². The van der Waals surface area contributed by atoms with Gasteiger partial charge in [-0.15, -0.1) is 0 Å². The molecule has 0 bridgehead atoms. The van der Waals surface area contributed by atoms with Crippen molar-refractivity contribution in [1.29, 1.82) is 0 Å².